The second-order valence-corrected chi connectivity index (χ2v) is 6.64. The Bertz CT molecular complexity index is 361. The van der Waals surface area contributed by atoms with E-state index in [1.807, 2.05) is 11.8 Å². The lowest BCUT2D eigenvalue weighted by atomic mass is 10.1. The SMILES string of the molecule is COc1c(N)nsc1NCC1(C)CCCS1. The monoisotopic (exact) mass is 259 g/mol. The first-order chi connectivity index (χ1) is 7.64. The van der Waals surface area contributed by atoms with Gasteiger partial charge in [-0.2, -0.15) is 16.1 Å². The van der Waals surface area contributed by atoms with Gasteiger partial charge in [-0.05, 0) is 37.1 Å². The number of hydrogen-bond acceptors (Lipinski definition) is 6. The second-order valence-electron chi connectivity index (χ2n) is 4.19. The van der Waals surface area contributed by atoms with E-state index in [4.69, 9.17) is 10.5 Å². The summed E-state index contributed by atoms with van der Waals surface area (Å²) in [7, 11) is 1.62. The molecular formula is C10H17N3OS2. The fraction of sp³-hybridized carbons (Fsp3) is 0.700. The van der Waals surface area contributed by atoms with Gasteiger partial charge in [0.15, 0.2) is 16.6 Å². The zero-order valence-corrected chi connectivity index (χ0v) is 11.2. The van der Waals surface area contributed by atoms with Gasteiger partial charge in [-0.3, -0.25) is 0 Å². The molecule has 0 radical (unpaired) electrons. The van der Waals surface area contributed by atoms with E-state index in [-0.39, 0.29) is 0 Å². The van der Waals surface area contributed by atoms with Crippen molar-refractivity contribution >= 4 is 34.1 Å². The van der Waals surface area contributed by atoms with E-state index in [1.54, 1.807) is 7.11 Å². The molecule has 1 aromatic rings. The molecule has 1 aliphatic rings. The van der Waals surface area contributed by atoms with Gasteiger partial charge in [0.25, 0.3) is 0 Å². The fourth-order valence-corrected chi connectivity index (χ4v) is 3.77. The Morgan fingerprint density at radius 2 is 2.44 bits per heavy atom. The number of anilines is 2. The molecule has 16 heavy (non-hydrogen) atoms. The maximum absolute atomic E-state index is 5.70. The van der Waals surface area contributed by atoms with E-state index in [9.17, 15) is 0 Å². The zero-order valence-electron chi connectivity index (χ0n) is 9.58. The summed E-state index contributed by atoms with van der Waals surface area (Å²) < 4.78 is 9.64. The molecule has 0 bridgehead atoms. The summed E-state index contributed by atoms with van der Waals surface area (Å²) in [4.78, 5) is 0. The summed E-state index contributed by atoms with van der Waals surface area (Å²) in [6, 6.07) is 0. The molecule has 1 atom stereocenters. The van der Waals surface area contributed by atoms with Gasteiger partial charge in [-0.1, -0.05) is 0 Å². The highest BCUT2D eigenvalue weighted by Crippen LogP contribution is 2.40. The van der Waals surface area contributed by atoms with Gasteiger partial charge in [-0.25, -0.2) is 0 Å². The predicted molar refractivity (Wildman–Crippen MR) is 71.7 cm³/mol. The smallest absolute Gasteiger partial charge is 0.197 e. The van der Waals surface area contributed by atoms with Crippen LogP contribution >= 0.6 is 23.3 Å². The van der Waals surface area contributed by atoms with Crippen LogP contribution in [0.1, 0.15) is 19.8 Å². The highest BCUT2D eigenvalue weighted by molar-refractivity contribution is 8.00. The van der Waals surface area contributed by atoms with Crippen molar-refractivity contribution < 1.29 is 4.74 Å². The van der Waals surface area contributed by atoms with Gasteiger partial charge < -0.3 is 15.8 Å². The Hall–Kier alpha value is -0.620. The molecule has 1 aliphatic heterocycles. The van der Waals surface area contributed by atoms with Gasteiger partial charge >= 0.3 is 0 Å². The minimum absolute atomic E-state index is 0.337. The average molecular weight is 259 g/mol. The minimum Gasteiger partial charge on any atom is -0.490 e. The number of hydrogen-bond donors (Lipinski definition) is 2. The Kier molecular flexibility index (Phi) is 3.49. The number of rotatable bonds is 4. The van der Waals surface area contributed by atoms with Crippen molar-refractivity contribution in [2.75, 3.05) is 30.5 Å². The average Bonchev–Trinajstić information content (AvgIpc) is 2.83. The van der Waals surface area contributed by atoms with Crippen molar-refractivity contribution in [3.8, 4) is 5.75 Å². The van der Waals surface area contributed by atoms with Gasteiger partial charge in [-0.15, -0.1) is 0 Å². The maximum Gasteiger partial charge on any atom is 0.197 e. The fourth-order valence-electron chi connectivity index (χ4n) is 1.85. The van der Waals surface area contributed by atoms with Crippen LogP contribution in [-0.4, -0.2) is 28.5 Å². The number of nitrogens with two attached hydrogens (primary N) is 1. The van der Waals surface area contributed by atoms with Crippen LogP contribution in [0.4, 0.5) is 10.8 Å². The van der Waals surface area contributed by atoms with Gasteiger partial charge in [0.1, 0.15) is 0 Å². The molecule has 0 aromatic carbocycles. The molecule has 6 heteroatoms. The van der Waals surface area contributed by atoms with Crippen LogP contribution in [0.2, 0.25) is 0 Å². The number of methoxy groups -OCH3 is 1. The second kappa shape index (κ2) is 4.71. The third-order valence-electron chi connectivity index (χ3n) is 2.80. The minimum atomic E-state index is 0.337. The quantitative estimate of drug-likeness (QED) is 0.869. The maximum atomic E-state index is 5.70. The molecule has 0 amide bonds. The highest BCUT2D eigenvalue weighted by Gasteiger charge is 2.29. The Labute approximate surface area is 104 Å². The summed E-state index contributed by atoms with van der Waals surface area (Å²) in [5, 5.41) is 4.34. The molecule has 2 rings (SSSR count). The third kappa shape index (κ3) is 2.38. The van der Waals surface area contributed by atoms with Crippen LogP contribution in [0.25, 0.3) is 0 Å². The van der Waals surface area contributed by atoms with Crippen molar-refractivity contribution in [1.29, 1.82) is 0 Å². The number of aromatic nitrogens is 1. The Balaban J connectivity index is 1.98. The zero-order chi connectivity index (χ0) is 11.6. The molecule has 0 aliphatic carbocycles. The van der Waals surface area contributed by atoms with Crippen LogP contribution in [0.5, 0.6) is 5.75 Å². The van der Waals surface area contributed by atoms with Crippen molar-refractivity contribution in [2.24, 2.45) is 0 Å². The lowest BCUT2D eigenvalue weighted by Gasteiger charge is -2.23. The van der Waals surface area contributed by atoms with E-state index < -0.39 is 0 Å². The van der Waals surface area contributed by atoms with Crippen LogP contribution in [0.3, 0.4) is 0 Å². The Morgan fingerprint density at radius 1 is 1.62 bits per heavy atom. The molecule has 3 N–H and O–H groups in total. The largest absolute Gasteiger partial charge is 0.490 e. The van der Waals surface area contributed by atoms with Crippen molar-refractivity contribution in [1.82, 2.24) is 4.37 Å². The molecule has 4 nitrogen and oxygen atoms in total. The normalized spacial score (nSPS) is 24.6. The summed E-state index contributed by atoms with van der Waals surface area (Å²) in [6.07, 6.45) is 2.58. The number of nitrogens with one attached hydrogen (secondary N) is 1. The molecule has 90 valence electrons. The standard InChI is InChI=1S/C10H17N3OS2/c1-10(4-3-5-15-10)6-12-9-7(14-2)8(11)13-16-9/h12H,3-6H2,1-2H3,(H2,11,13). The van der Waals surface area contributed by atoms with E-state index in [1.165, 1.54) is 30.1 Å². The van der Waals surface area contributed by atoms with E-state index in [0.717, 1.165) is 11.5 Å². The molecule has 0 spiro atoms. The molecule has 2 heterocycles. The first kappa shape index (κ1) is 11.9. The summed E-state index contributed by atoms with van der Waals surface area (Å²) >= 11 is 3.40. The summed E-state index contributed by atoms with van der Waals surface area (Å²) in [6.45, 7) is 3.24. The number of nitrogens with zero attached hydrogens (tertiary/aromatic N) is 1. The summed E-state index contributed by atoms with van der Waals surface area (Å²) in [5.41, 5.74) is 5.70. The molecule has 1 saturated heterocycles. The van der Waals surface area contributed by atoms with E-state index >= 15 is 0 Å². The molecular weight excluding hydrogens is 242 g/mol. The van der Waals surface area contributed by atoms with E-state index in [2.05, 4.69) is 16.6 Å². The van der Waals surface area contributed by atoms with Gasteiger partial charge in [0.05, 0.1) is 7.11 Å². The number of thioether (sulfide) groups is 1. The summed E-state index contributed by atoms with van der Waals surface area (Å²) in [5.74, 6) is 2.41. The topological polar surface area (TPSA) is 60.2 Å². The number of nitrogen functional groups attached to an aromatic ring is 1. The van der Waals surface area contributed by atoms with E-state index in [0.29, 0.717) is 16.3 Å². The number of ether oxygens (including phenoxy) is 1. The van der Waals surface area contributed by atoms with Crippen molar-refractivity contribution in [3.05, 3.63) is 0 Å². The lowest BCUT2D eigenvalue weighted by molar-refractivity contribution is 0.419. The molecule has 1 fully saturated rings. The predicted octanol–water partition coefficient (Wildman–Crippen LogP) is 2.43. The molecule has 0 saturated carbocycles. The van der Waals surface area contributed by atoms with Crippen molar-refractivity contribution in [3.63, 3.8) is 0 Å². The van der Waals surface area contributed by atoms with Crippen LogP contribution < -0.4 is 15.8 Å². The van der Waals surface area contributed by atoms with Crippen molar-refractivity contribution in [2.45, 2.75) is 24.5 Å². The third-order valence-corrected chi connectivity index (χ3v) is 5.14. The first-order valence-corrected chi connectivity index (χ1v) is 7.07. The highest BCUT2D eigenvalue weighted by atomic mass is 32.2. The molecule has 1 aromatic heterocycles. The first-order valence-electron chi connectivity index (χ1n) is 5.31. The van der Waals surface area contributed by atoms with Gasteiger partial charge in [0, 0.05) is 11.3 Å². The Morgan fingerprint density at radius 3 is 3.06 bits per heavy atom. The van der Waals surface area contributed by atoms with Crippen LogP contribution in [0.15, 0.2) is 0 Å². The lowest BCUT2D eigenvalue weighted by Crippen LogP contribution is -2.26. The molecule has 1 unspecified atom stereocenters. The van der Waals surface area contributed by atoms with Gasteiger partial charge in [0.2, 0.25) is 0 Å². The van der Waals surface area contributed by atoms with Crippen LogP contribution in [-0.2, 0) is 0 Å². The van der Waals surface area contributed by atoms with Crippen LogP contribution in [0, 0.1) is 0 Å².